The van der Waals surface area contributed by atoms with Crippen molar-refractivity contribution in [3.8, 4) is 0 Å². The summed E-state index contributed by atoms with van der Waals surface area (Å²) in [5.74, 6) is -0.398. The SMILES string of the molecule is CCC1=NC(C(N)=O)C(NC2CCC(N3CCC(N4CCN(C)CC4)CC3)CC2)NC1N. The third-order valence-electron chi connectivity index (χ3n) is 8.17. The zero-order valence-electron chi connectivity index (χ0n) is 20.0. The highest BCUT2D eigenvalue weighted by Gasteiger charge is 2.36. The summed E-state index contributed by atoms with van der Waals surface area (Å²) in [6.07, 6.45) is 7.40. The molecular weight excluding hydrogens is 404 g/mol. The minimum absolute atomic E-state index is 0.279. The summed E-state index contributed by atoms with van der Waals surface area (Å²) in [5.41, 5.74) is 12.6. The van der Waals surface area contributed by atoms with E-state index in [0.29, 0.717) is 12.1 Å². The summed E-state index contributed by atoms with van der Waals surface area (Å²) in [7, 11) is 2.23. The third kappa shape index (κ3) is 5.69. The smallest absolute Gasteiger partial charge is 0.245 e. The number of carbonyl (C=O) groups excluding carboxylic acids is 1. The summed E-state index contributed by atoms with van der Waals surface area (Å²) in [5, 5.41) is 6.94. The predicted octanol–water partition coefficient (Wildman–Crippen LogP) is -0.482. The molecule has 0 aromatic carbocycles. The molecule has 2 saturated heterocycles. The molecule has 1 amide bonds. The Bertz CT molecular complexity index is 648. The highest BCUT2D eigenvalue weighted by Crippen LogP contribution is 2.28. The molecule has 0 aromatic heterocycles. The van der Waals surface area contributed by atoms with Gasteiger partial charge in [-0.25, -0.2) is 0 Å². The molecule has 9 nitrogen and oxygen atoms in total. The maximum Gasteiger partial charge on any atom is 0.245 e. The van der Waals surface area contributed by atoms with Crippen molar-refractivity contribution in [1.29, 1.82) is 0 Å². The van der Waals surface area contributed by atoms with Crippen LogP contribution < -0.4 is 22.1 Å². The van der Waals surface area contributed by atoms with Crippen LogP contribution in [-0.4, -0.2) is 109 Å². The second-order valence-corrected chi connectivity index (χ2v) is 10.2. The van der Waals surface area contributed by atoms with Gasteiger partial charge < -0.3 is 21.3 Å². The molecular formula is C23H44N8O. The van der Waals surface area contributed by atoms with Gasteiger partial charge >= 0.3 is 0 Å². The number of rotatable bonds is 6. The van der Waals surface area contributed by atoms with E-state index in [1.807, 2.05) is 6.92 Å². The lowest BCUT2D eigenvalue weighted by Crippen LogP contribution is -2.66. The van der Waals surface area contributed by atoms with E-state index in [0.717, 1.165) is 31.0 Å². The summed E-state index contributed by atoms with van der Waals surface area (Å²) in [6, 6.07) is 1.26. The molecule has 3 fully saturated rings. The van der Waals surface area contributed by atoms with Crippen molar-refractivity contribution in [3.05, 3.63) is 0 Å². The average Bonchev–Trinajstić information content (AvgIpc) is 2.80. The molecule has 0 aromatic rings. The number of primary amides is 1. The number of likely N-dealkylation sites (tertiary alicyclic amines) is 1. The first-order valence-corrected chi connectivity index (χ1v) is 12.7. The summed E-state index contributed by atoms with van der Waals surface area (Å²) in [6.45, 7) is 9.34. The van der Waals surface area contributed by atoms with E-state index in [1.165, 1.54) is 65.0 Å². The summed E-state index contributed by atoms with van der Waals surface area (Å²) < 4.78 is 0. The van der Waals surface area contributed by atoms with Crippen LogP contribution in [-0.2, 0) is 4.79 Å². The Hall–Kier alpha value is -1.10. The van der Waals surface area contributed by atoms with Gasteiger partial charge in [-0.1, -0.05) is 6.92 Å². The standard InChI is InChI=1S/C23H44N8O/c1-3-19-21(24)28-23(20(27-19)22(25)32)26-16-4-6-17(7-5-16)30-10-8-18(9-11-30)31-14-12-29(2)13-15-31/h16-18,20-21,23,26,28H,3-15,24H2,1-2H3,(H2,25,32). The monoisotopic (exact) mass is 448 g/mol. The van der Waals surface area contributed by atoms with Crippen molar-refractivity contribution in [2.45, 2.75) is 88.4 Å². The van der Waals surface area contributed by atoms with Crippen molar-refractivity contribution in [2.75, 3.05) is 46.3 Å². The number of amides is 1. The number of nitrogens with two attached hydrogens (primary N) is 2. The molecule has 9 heteroatoms. The summed E-state index contributed by atoms with van der Waals surface area (Å²) >= 11 is 0. The second kappa shape index (κ2) is 10.9. The van der Waals surface area contributed by atoms with Gasteiger partial charge in [-0.3, -0.25) is 25.3 Å². The number of hydrogen-bond acceptors (Lipinski definition) is 8. The van der Waals surface area contributed by atoms with Crippen LogP contribution in [0.2, 0.25) is 0 Å². The molecule has 3 atom stereocenters. The zero-order valence-corrected chi connectivity index (χ0v) is 20.0. The van der Waals surface area contributed by atoms with Crippen LogP contribution in [0.25, 0.3) is 0 Å². The Morgan fingerprint density at radius 3 is 2.19 bits per heavy atom. The van der Waals surface area contributed by atoms with E-state index < -0.39 is 11.9 Å². The van der Waals surface area contributed by atoms with Crippen molar-refractivity contribution < 1.29 is 4.79 Å². The average molecular weight is 449 g/mol. The molecule has 0 radical (unpaired) electrons. The molecule has 4 aliphatic rings. The zero-order chi connectivity index (χ0) is 22.7. The minimum Gasteiger partial charge on any atom is -0.368 e. The van der Waals surface area contributed by atoms with E-state index in [4.69, 9.17) is 11.5 Å². The second-order valence-electron chi connectivity index (χ2n) is 10.2. The number of nitrogens with one attached hydrogen (secondary N) is 2. The number of carbonyl (C=O) groups is 1. The van der Waals surface area contributed by atoms with Gasteiger partial charge in [-0.2, -0.15) is 0 Å². The number of piperidine rings is 1. The first-order valence-electron chi connectivity index (χ1n) is 12.7. The molecule has 1 saturated carbocycles. The Labute approximate surface area is 193 Å². The van der Waals surface area contributed by atoms with Crippen molar-refractivity contribution >= 4 is 11.6 Å². The lowest BCUT2D eigenvalue weighted by Gasteiger charge is -2.45. The van der Waals surface area contributed by atoms with E-state index >= 15 is 0 Å². The van der Waals surface area contributed by atoms with E-state index in [2.05, 4.69) is 37.4 Å². The number of aliphatic imine (C=N–C) groups is 1. The molecule has 6 N–H and O–H groups in total. The topological polar surface area (TPSA) is 115 Å². The highest BCUT2D eigenvalue weighted by molar-refractivity contribution is 5.93. The fourth-order valence-electron chi connectivity index (χ4n) is 6.06. The lowest BCUT2D eigenvalue weighted by atomic mass is 9.88. The van der Waals surface area contributed by atoms with Gasteiger partial charge in [0.25, 0.3) is 0 Å². The molecule has 3 aliphatic heterocycles. The van der Waals surface area contributed by atoms with Crippen LogP contribution in [0.4, 0.5) is 0 Å². The molecule has 4 rings (SSSR count). The Morgan fingerprint density at radius 1 is 1.00 bits per heavy atom. The van der Waals surface area contributed by atoms with E-state index in [9.17, 15) is 4.79 Å². The van der Waals surface area contributed by atoms with Crippen LogP contribution in [0.5, 0.6) is 0 Å². The van der Waals surface area contributed by atoms with E-state index in [1.54, 1.807) is 0 Å². The van der Waals surface area contributed by atoms with Crippen molar-refractivity contribution in [1.82, 2.24) is 25.3 Å². The molecule has 1 aliphatic carbocycles. The first kappa shape index (κ1) is 24.0. The Kier molecular flexibility index (Phi) is 8.18. The number of piperazine rings is 1. The minimum atomic E-state index is -0.587. The van der Waals surface area contributed by atoms with Crippen LogP contribution in [0.3, 0.4) is 0 Å². The third-order valence-corrected chi connectivity index (χ3v) is 8.17. The van der Waals surface area contributed by atoms with Crippen LogP contribution in [0.15, 0.2) is 4.99 Å². The maximum absolute atomic E-state index is 12.0. The van der Waals surface area contributed by atoms with Gasteiger partial charge in [0, 0.05) is 50.0 Å². The molecule has 3 unspecified atom stereocenters. The van der Waals surface area contributed by atoms with Gasteiger partial charge in [0.2, 0.25) is 5.91 Å². The number of likely N-dealkylation sites (N-methyl/N-ethyl adjacent to an activating group) is 1. The summed E-state index contributed by atoms with van der Waals surface area (Å²) in [4.78, 5) is 24.4. The highest BCUT2D eigenvalue weighted by atomic mass is 16.1. The van der Waals surface area contributed by atoms with E-state index in [-0.39, 0.29) is 12.3 Å². The van der Waals surface area contributed by atoms with Gasteiger partial charge in [-0.15, -0.1) is 0 Å². The fraction of sp³-hybridized carbons (Fsp3) is 0.913. The Morgan fingerprint density at radius 2 is 1.59 bits per heavy atom. The number of hydrogen-bond donors (Lipinski definition) is 4. The van der Waals surface area contributed by atoms with Gasteiger partial charge in [0.05, 0.1) is 12.3 Å². The largest absolute Gasteiger partial charge is 0.368 e. The van der Waals surface area contributed by atoms with Crippen molar-refractivity contribution in [3.63, 3.8) is 0 Å². The quantitative estimate of drug-likeness (QED) is 0.434. The van der Waals surface area contributed by atoms with Gasteiger partial charge in [0.15, 0.2) is 6.04 Å². The molecule has 182 valence electrons. The van der Waals surface area contributed by atoms with Crippen LogP contribution in [0, 0.1) is 0 Å². The molecule has 0 spiro atoms. The molecule has 32 heavy (non-hydrogen) atoms. The normalized spacial score (nSPS) is 36.7. The van der Waals surface area contributed by atoms with Crippen LogP contribution >= 0.6 is 0 Å². The predicted molar refractivity (Wildman–Crippen MR) is 128 cm³/mol. The van der Waals surface area contributed by atoms with Gasteiger partial charge in [-0.05, 0) is 65.1 Å². The lowest BCUT2D eigenvalue weighted by molar-refractivity contribution is -0.120. The molecule has 3 heterocycles. The Balaban J connectivity index is 1.22. The first-order chi connectivity index (χ1) is 15.4. The fourth-order valence-corrected chi connectivity index (χ4v) is 6.06. The van der Waals surface area contributed by atoms with Gasteiger partial charge in [0.1, 0.15) is 0 Å². The number of nitrogens with zero attached hydrogens (tertiary/aromatic N) is 4. The molecule has 0 bridgehead atoms. The van der Waals surface area contributed by atoms with Crippen LogP contribution in [0.1, 0.15) is 51.9 Å². The van der Waals surface area contributed by atoms with Crippen molar-refractivity contribution in [2.24, 2.45) is 16.5 Å². The maximum atomic E-state index is 12.0.